The van der Waals surface area contributed by atoms with E-state index in [0.717, 1.165) is 22.4 Å². The van der Waals surface area contributed by atoms with Gasteiger partial charge in [-0.25, -0.2) is 9.59 Å². The number of rotatable bonds is 3. The highest BCUT2D eigenvalue weighted by Gasteiger charge is 2.38. The van der Waals surface area contributed by atoms with Gasteiger partial charge in [0.05, 0.1) is 11.0 Å². The number of hydrogen-bond acceptors (Lipinski definition) is 4. The van der Waals surface area contributed by atoms with E-state index >= 15 is 0 Å². The van der Waals surface area contributed by atoms with Gasteiger partial charge in [0.15, 0.2) is 5.65 Å². The van der Waals surface area contributed by atoms with Gasteiger partial charge in [0.25, 0.3) is 0 Å². The smallest absolute Gasteiger partial charge is 0.477 e. The summed E-state index contributed by atoms with van der Waals surface area (Å²) in [4.78, 5) is 20.6. The molecular formula is C19H15F3N4O4. The number of aromatic carboxylic acids is 1. The number of carboxylic acids is 2. The van der Waals surface area contributed by atoms with Gasteiger partial charge in [-0.1, -0.05) is 30.3 Å². The molecule has 0 radical (unpaired) electrons. The molecule has 4 rings (SSSR count). The van der Waals surface area contributed by atoms with Gasteiger partial charge in [-0.3, -0.25) is 4.40 Å². The first-order valence-electron chi connectivity index (χ1n) is 8.51. The van der Waals surface area contributed by atoms with E-state index < -0.39 is 18.1 Å². The van der Waals surface area contributed by atoms with Crippen molar-refractivity contribution < 1.29 is 33.0 Å². The number of alkyl halides is 3. The van der Waals surface area contributed by atoms with Crippen LogP contribution in [0.4, 0.5) is 13.2 Å². The summed E-state index contributed by atoms with van der Waals surface area (Å²) in [5.74, 6) is -2.97. The van der Waals surface area contributed by atoms with Crippen LogP contribution in [0.1, 0.15) is 21.9 Å². The van der Waals surface area contributed by atoms with Gasteiger partial charge in [-0.15, -0.1) is 10.2 Å². The van der Waals surface area contributed by atoms with Crippen LogP contribution in [0.2, 0.25) is 0 Å². The summed E-state index contributed by atoms with van der Waals surface area (Å²) in [6, 6.07) is 15.3. The number of carboxylic acid groups (broad SMARTS) is 2. The number of carbonyl (C=O) groups is 2. The van der Waals surface area contributed by atoms with Crippen molar-refractivity contribution in [3.63, 3.8) is 0 Å². The number of aliphatic carboxylic acids is 1. The molecule has 0 atom stereocenters. The summed E-state index contributed by atoms with van der Waals surface area (Å²) in [5.41, 5.74) is 3.67. The Morgan fingerprint density at radius 2 is 1.63 bits per heavy atom. The Bertz CT molecular complexity index is 1230. The second-order valence-corrected chi connectivity index (χ2v) is 6.25. The van der Waals surface area contributed by atoms with Crippen LogP contribution in [0.25, 0.3) is 16.7 Å². The summed E-state index contributed by atoms with van der Waals surface area (Å²) in [6.45, 7) is 2.35. The molecule has 4 aromatic rings. The van der Waals surface area contributed by atoms with E-state index in [1.165, 1.54) is 0 Å². The molecule has 0 aliphatic rings. The van der Waals surface area contributed by atoms with Gasteiger partial charge in [0.1, 0.15) is 11.5 Å². The van der Waals surface area contributed by atoms with Crippen molar-refractivity contribution in [3.8, 4) is 0 Å². The Balaban J connectivity index is 0.000000318. The van der Waals surface area contributed by atoms with Crippen molar-refractivity contribution in [2.75, 3.05) is 0 Å². The number of fused-ring (bicyclic) bond motifs is 3. The zero-order valence-corrected chi connectivity index (χ0v) is 15.5. The van der Waals surface area contributed by atoms with Crippen LogP contribution in [0.3, 0.4) is 0 Å². The molecule has 30 heavy (non-hydrogen) atoms. The van der Waals surface area contributed by atoms with E-state index in [2.05, 4.69) is 10.2 Å². The molecule has 0 bridgehead atoms. The van der Waals surface area contributed by atoms with E-state index in [1.807, 2.05) is 58.4 Å². The van der Waals surface area contributed by atoms with Gasteiger partial charge >= 0.3 is 18.1 Å². The lowest BCUT2D eigenvalue weighted by Crippen LogP contribution is -2.21. The first-order valence-corrected chi connectivity index (χ1v) is 8.51. The van der Waals surface area contributed by atoms with Gasteiger partial charge in [-0.2, -0.15) is 13.2 Å². The molecule has 0 unspecified atom stereocenters. The minimum atomic E-state index is -5.08. The van der Waals surface area contributed by atoms with E-state index in [1.54, 1.807) is 6.07 Å². The maximum absolute atomic E-state index is 11.7. The molecule has 0 amide bonds. The summed E-state index contributed by atoms with van der Waals surface area (Å²) in [7, 11) is 0. The summed E-state index contributed by atoms with van der Waals surface area (Å²) in [5, 5.41) is 24.9. The van der Waals surface area contributed by atoms with Crippen molar-refractivity contribution in [3.05, 3.63) is 65.6 Å². The normalized spacial score (nSPS) is 11.3. The highest BCUT2D eigenvalue weighted by atomic mass is 19.4. The van der Waals surface area contributed by atoms with E-state index in [0.29, 0.717) is 12.2 Å². The number of benzene rings is 1. The Morgan fingerprint density at radius 3 is 2.20 bits per heavy atom. The Labute approximate surface area is 166 Å². The van der Waals surface area contributed by atoms with Crippen LogP contribution >= 0.6 is 0 Å². The van der Waals surface area contributed by atoms with Crippen LogP contribution in [-0.4, -0.2) is 47.5 Å². The largest absolute Gasteiger partial charge is 0.490 e. The Kier molecular flexibility index (Phi) is 5.45. The topological polar surface area (TPSA) is 110 Å². The van der Waals surface area contributed by atoms with Crippen LogP contribution in [0.5, 0.6) is 0 Å². The standard InChI is InChI=1S/C17H14N4O2.C2HF3O2/c1-11-18-19-16-8-7-13-14(21(11)16)9-15(17(22)23)20(13)10-12-5-3-2-4-6-12;3-2(4,5)1(6)7/h2-9H,10H2,1H3,(H,22,23);(H,6,7). The van der Waals surface area contributed by atoms with Crippen molar-refractivity contribution in [2.45, 2.75) is 19.6 Å². The van der Waals surface area contributed by atoms with Crippen molar-refractivity contribution in [1.29, 1.82) is 0 Å². The summed E-state index contributed by atoms with van der Waals surface area (Å²) < 4.78 is 35.4. The second-order valence-electron chi connectivity index (χ2n) is 6.25. The molecule has 156 valence electrons. The molecule has 3 aromatic heterocycles. The van der Waals surface area contributed by atoms with E-state index in [4.69, 9.17) is 9.90 Å². The fourth-order valence-corrected chi connectivity index (χ4v) is 2.96. The molecule has 0 spiro atoms. The molecule has 0 aliphatic heterocycles. The minimum Gasteiger partial charge on any atom is -0.477 e. The molecule has 0 saturated heterocycles. The first-order chi connectivity index (χ1) is 14.1. The molecular weight excluding hydrogens is 405 g/mol. The average molecular weight is 420 g/mol. The average Bonchev–Trinajstić information content (AvgIpc) is 3.23. The Hall–Kier alpha value is -3.89. The summed E-state index contributed by atoms with van der Waals surface area (Å²) >= 11 is 0. The lowest BCUT2D eigenvalue weighted by molar-refractivity contribution is -0.192. The van der Waals surface area contributed by atoms with Crippen molar-refractivity contribution >= 4 is 28.6 Å². The van der Waals surface area contributed by atoms with E-state index in [9.17, 15) is 23.1 Å². The third kappa shape index (κ3) is 4.09. The van der Waals surface area contributed by atoms with Crippen LogP contribution in [0.15, 0.2) is 48.5 Å². The zero-order chi connectivity index (χ0) is 22.1. The fraction of sp³-hybridized carbons (Fsp3) is 0.158. The third-order valence-corrected chi connectivity index (χ3v) is 4.24. The number of pyridine rings is 1. The predicted octanol–water partition coefficient (Wildman–Crippen LogP) is 3.37. The maximum Gasteiger partial charge on any atom is 0.490 e. The predicted molar refractivity (Wildman–Crippen MR) is 99.4 cm³/mol. The highest BCUT2D eigenvalue weighted by molar-refractivity contribution is 5.94. The lowest BCUT2D eigenvalue weighted by atomic mass is 10.2. The van der Waals surface area contributed by atoms with Crippen LogP contribution in [0, 0.1) is 6.92 Å². The molecule has 0 fully saturated rings. The zero-order valence-electron chi connectivity index (χ0n) is 15.5. The van der Waals surface area contributed by atoms with Gasteiger partial charge in [0, 0.05) is 6.54 Å². The SMILES string of the molecule is Cc1nnc2ccc3c(cc(C(=O)O)n3Cc3ccccc3)n12.O=C(O)C(F)(F)F. The number of aryl methyl sites for hydroxylation is 1. The van der Waals surface area contributed by atoms with Crippen molar-refractivity contribution in [2.24, 2.45) is 0 Å². The van der Waals surface area contributed by atoms with Crippen LogP contribution in [-0.2, 0) is 11.3 Å². The molecule has 0 saturated carbocycles. The molecule has 3 heterocycles. The lowest BCUT2D eigenvalue weighted by Gasteiger charge is -2.08. The molecule has 2 N–H and O–H groups in total. The monoisotopic (exact) mass is 420 g/mol. The molecule has 8 nitrogen and oxygen atoms in total. The number of halogens is 3. The quantitative estimate of drug-likeness (QED) is 0.526. The van der Waals surface area contributed by atoms with Gasteiger partial charge in [0.2, 0.25) is 0 Å². The first kappa shape index (κ1) is 20.8. The van der Waals surface area contributed by atoms with Gasteiger partial charge in [-0.05, 0) is 30.7 Å². The highest BCUT2D eigenvalue weighted by Crippen LogP contribution is 2.23. The molecule has 11 heteroatoms. The molecule has 1 aromatic carbocycles. The number of nitrogens with zero attached hydrogens (tertiary/aromatic N) is 4. The third-order valence-electron chi connectivity index (χ3n) is 4.24. The fourth-order valence-electron chi connectivity index (χ4n) is 2.96. The second kappa shape index (κ2) is 7.85. The summed E-state index contributed by atoms with van der Waals surface area (Å²) in [6.07, 6.45) is -5.08. The van der Waals surface area contributed by atoms with E-state index in [-0.39, 0.29) is 5.69 Å². The van der Waals surface area contributed by atoms with Crippen LogP contribution < -0.4 is 0 Å². The minimum absolute atomic E-state index is 0.254. The number of hydrogen-bond donors (Lipinski definition) is 2. The maximum atomic E-state index is 11.7. The number of aromatic nitrogens is 4. The Morgan fingerprint density at radius 1 is 1.00 bits per heavy atom. The molecule has 0 aliphatic carbocycles. The van der Waals surface area contributed by atoms with Crippen molar-refractivity contribution in [1.82, 2.24) is 19.2 Å². The van der Waals surface area contributed by atoms with Gasteiger partial charge < -0.3 is 14.8 Å².